The van der Waals surface area contributed by atoms with Crippen molar-refractivity contribution in [1.29, 1.82) is 0 Å². The zero-order valence-electron chi connectivity index (χ0n) is 13.5. The van der Waals surface area contributed by atoms with Crippen LogP contribution in [0.3, 0.4) is 0 Å². The van der Waals surface area contributed by atoms with Gasteiger partial charge in [-0.3, -0.25) is 9.67 Å². The maximum atomic E-state index is 4.25. The first-order valence-electron chi connectivity index (χ1n) is 7.68. The Morgan fingerprint density at radius 3 is 2.71 bits per heavy atom. The molecule has 5 nitrogen and oxygen atoms in total. The molecule has 0 fully saturated rings. The summed E-state index contributed by atoms with van der Waals surface area (Å²) in [6, 6.07) is 1.96. The number of nitrogens with zero attached hydrogens (tertiary/aromatic N) is 3. The van der Waals surface area contributed by atoms with Crippen LogP contribution in [0.5, 0.6) is 0 Å². The molecule has 6 heteroatoms. The van der Waals surface area contributed by atoms with Crippen molar-refractivity contribution in [2.75, 3.05) is 20.1 Å². The smallest absolute Gasteiger partial charge is 0.190 e. The maximum absolute atomic E-state index is 4.25. The highest BCUT2D eigenvalue weighted by Crippen LogP contribution is 1.98. The van der Waals surface area contributed by atoms with Gasteiger partial charge >= 0.3 is 0 Å². The summed E-state index contributed by atoms with van der Waals surface area (Å²) in [4.78, 5) is 4.25. The highest BCUT2D eigenvalue weighted by Gasteiger charge is 2.04. The quantitative estimate of drug-likeness (QED) is 0.287. The lowest BCUT2D eigenvalue weighted by Gasteiger charge is -2.16. The van der Waals surface area contributed by atoms with E-state index in [1.807, 2.05) is 30.2 Å². The second-order valence-corrected chi connectivity index (χ2v) is 5.27. The van der Waals surface area contributed by atoms with Gasteiger partial charge in [-0.1, -0.05) is 33.1 Å². The second kappa shape index (κ2) is 12.9. The number of nitrogens with one attached hydrogen (secondary N) is 2. The van der Waals surface area contributed by atoms with E-state index >= 15 is 0 Å². The molecule has 0 bridgehead atoms. The normalized spacial score (nSPS) is 12.6. The van der Waals surface area contributed by atoms with Gasteiger partial charge < -0.3 is 10.6 Å². The predicted octanol–water partition coefficient (Wildman–Crippen LogP) is 2.88. The molecule has 1 unspecified atom stereocenters. The van der Waals surface area contributed by atoms with Crippen LogP contribution in [-0.4, -0.2) is 35.9 Å². The van der Waals surface area contributed by atoms with Gasteiger partial charge in [-0.15, -0.1) is 24.0 Å². The Kier molecular flexibility index (Phi) is 12.4. The number of aromatic nitrogens is 2. The topological polar surface area (TPSA) is 54.2 Å². The fourth-order valence-corrected chi connectivity index (χ4v) is 2.04. The van der Waals surface area contributed by atoms with E-state index < -0.39 is 0 Å². The molecule has 0 saturated heterocycles. The lowest BCUT2D eigenvalue weighted by Crippen LogP contribution is -2.40. The fraction of sp³-hybridized carbons (Fsp3) is 0.733. The molecular weight excluding hydrogens is 377 g/mol. The van der Waals surface area contributed by atoms with E-state index in [-0.39, 0.29) is 24.0 Å². The van der Waals surface area contributed by atoms with E-state index in [4.69, 9.17) is 0 Å². The van der Waals surface area contributed by atoms with E-state index in [0.717, 1.165) is 25.6 Å². The van der Waals surface area contributed by atoms with Crippen LogP contribution in [0.1, 0.15) is 39.5 Å². The monoisotopic (exact) mass is 407 g/mol. The predicted molar refractivity (Wildman–Crippen MR) is 100 cm³/mol. The highest BCUT2D eigenvalue weighted by atomic mass is 127. The second-order valence-electron chi connectivity index (χ2n) is 5.27. The number of rotatable bonds is 9. The first kappa shape index (κ1) is 20.2. The van der Waals surface area contributed by atoms with Crippen LogP contribution in [-0.2, 0) is 6.54 Å². The van der Waals surface area contributed by atoms with Crippen molar-refractivity contribution < 1.29 is 0 Å². The molecule has 1 atom stereocenters. The van der Waals surface area contributed by atoms with Gasteiger partial charge in [0.25, 0.3) is 0 Å². The molecule has 2 N–H and O–H groups in total. The number of halogens is 1. The van der Waals surface area contributed by atoms with Gasteiger partial charge in [-0.05, 0) is 18.4 Å². The molecular formula is C15H30IN5. The standard InChI is InChI=1S/C15H29N5.HI/c1-4-5-6-7-9-17-15(16-3)18-12-14(2)13-20-11-8-10-19-20;/h8,10-11,14H,4-7,9,12-13H2,1-3H3,(H2,16,17,18);1H. The third-order valence-corrected chi connectivity index (χ3v) is 3.22. The maximum Gasteiger partial charge on any atom is 0.190 e. The molecule has 0 aliphatic heterocycles. The molecule has 21 heavy (non-hydrogen) atoms. The van der Waals surface area contributed by atoms with Crippen LogP contribution < -0.4 is 10.6 Å². The minimum atomic E-state index is 0. The van der Waals surface area contributed by atoms with Crippen LogP contribution >= 0.6 is 24.0 Å². The van der Waals surface area contributed by atoms with Crippen LogP contribution in [0.25, 0.3) is 0 Å². The summed E-state index contributed by atoms with van der Waals surface area (Å²) < 4.78 is 1.97. The Labute approximate surface area is 146 Å². The number of hydrogen-bond acceptors (Lipinski definition) is 2. The van der Waals surface area contributed by atoms with Crippen molar-refractivity contribution in [2.45, 2.75) is 46.1 Å². The SMILES string of the molecule is CCCCCCNC(=NC)NCC(C)Cn1cccn1.I. The molecule has 1 rings (SSSR count). The number of unbranched alkanes of at least 4 members (excludes halogenated alkanes) is 3. The Morgan fingerprint density at radius 1 is 1.29 bits per heavy atom. The average Bonchev–Trinajstić information content (AvgIpc) is 2.94. The minimum absolute atomic E-state index is 0. The number of aliphatic imine (C=N–C) groups is 1. The molecule has 0 spiro atoms. The van der Waals surface area contributed by atoms with Crippen LogP contribution in [0, 0.1) is 5.92 Å². The Bertz CT molecular complexity index is 364. The van der Waals surface area contributed by atoms with Gasteiger partial charge in [0, 0.05) is 39.1 Å². The number of guanidine groups is 1. The summed E-state index contributed by atoms with van der Waals surface area (Å²) in [7, 11) is 1.82. The zero-order chi connectivity index (χ0) is 14.6. The highest BCUT2D eigenvalue weighted by molar-refractivity contribution is 14.0. The van der Waals surface area contributed by atoms with Gasteiger partial charge in [0.05, 0.1) is 0 Å². The molecule has 0 aliphatic rings. The Morgan fingerprint density at radius 2 is 2.10 bits per heavy atom. The molecule has 1 heterocycles. The summed E-state index contributed by atoms with van der Waals surface area (Å²) in [5.74, 6) is 1.40. The van der Waals surface area contributed by atoms with Crippen molar-refractivity contribution in [3.05, 3.63) is 18.5 Å². The molecule has 1 aromatic heterocycles. The van der Waals surface area contributed by atoms with E-state index in [2.05, 4.69) is 34.6 Å². The third kappa shape index (κ3) is 9.71. The molecule has 0 radical (unpaired) electrons. The fourth-order valence-electron chi connectivity index (χ4n) is 2.04. The molecule has 0 amide bonds. The molecule has 0 saturated carbocycles. The Hall–Kier alpha value is -0.790. The average molecular weight is 407 g/mol. The summed E-state index contributed by atoms with van der Waals surface area (Å²) in [6.45, 7) is 7.26. The molecule has 0 aromatic carbocycles. The lowest BCUT2D eigenvalue weighted by molar-refractivity contribution is 0.443. The summed E-state index contributed by atoms with van der Waals surface area (Å²) >= 11 is 0. The van der Waals surface area contributed by atoms with Crippen molar-refractivity contribution in [3.8, 4) is 0 Å². The van der Waals surface area contributed by atoms with Crippen LogP contribution in [0.15, 0.2) is 23.5 Å². The van der Waals surface area contributed by atoms with E-state index in [1.165, 1.54) is 25.7 Å². The summed E-state index contributed by atoms with van der Waals surface area (Å²) in [5, 5.41) is 11.0. The Balaban J connectivity index is 0.00000400. The van der Waals surface area contributed by atoms with E-state index in [1.54, 1.807) is 0 Å². The minimum Gasteiger partial charge on any atom is -0.356 e. The largest absolute Gasteiger partial charge is 0.356 e. The summed E-state index contributed by atoms with van der Waals surface area (Å²) in [6.07, 6.45) is 8.90. The van der Waals surface area contributed by atoms with Gasteiger partial charge in [0.2, 0.25) is 0 Å². The third-order valence-electron chi connectivity index (χ3n) is 3.22. The first-order chi connectivity index (χ1) is 9.76. The van der Waals surface area contributed by atoms with Crippen LogP contribution in [0.4, 0.5) is 0 Å². The van der Waals surface area contributed by atoms with Crippen molar-refractivity contribution >= 4 is 29.9 Å². The molecule has 1 aromatic rings. The van der Waals surface area contributed by atoms with Crippen molar-refractivity contribution in [2.24, 2.45) is 10.9 Å². The first-order valence-corrected chi connectivity index (χ1v) is 7.68. The van der Waals surface area contributed by atoms with E-state index in [0.29, 0.717) is 5.92 Å². The van der Waals surface area contributed by atoms with Gasteiger partial charge in [0.15, 0.2) is 5.96 Å². The van der Waals surface area contributed by atoms with Gasteiger partial charge in [0.1, 0.15) is 0 Å². The molecule has 0 aliphatic carbocycles. The van der Waals surface area contributed by atoms with Gasteiger partial charge in [-0.25, -0.2) is 0 Å². The number of hydrogen-bond donors (Lipinski definition) is 2. The van der Waals surface area contributed by atoms with Gasteiger partial charge in [-0.2, -0.15) is 5.10 Å². The van der Waals surface area contributed by atoms with E-state index in [9.17, 15) is 0 Å². The lowest BCUT2D eigenvalue weighted by atomic mass is 10.2. The van der Waals surface area contributed by atoms with Crippen molar-refractivity contribution in [3.63, 3.8) is 0 Å². The summed E-state index contributed by atoms with van der Waals surface area (Å²) in [5.41, 5.74) is 0. The zero-order valence-corrected chi connectivity index (χ0v) is 15.8. The van der Waals surface area contributed by atoms with Crippen molar-refractivity contribution in [1.82, 2.24) is 20.4 Å². The molecule has 122 valence electrons. The van der Waals surface area contributed by atoms with Crippen LogP contribution in [0.2, 0.25) is 0 Å².